The molecule has 0 spiro atoms. The van der Waals surface area contributed by atoms with E-state index in [0.29, 0.717) is 40.1 Å². The molecule has 0 bridgehead atoms. The van der Waals surface area contributed by atoms with E-state index in [4.69, 9.17) is 4.74 Å². The fraction of sp³-hybridized carbons (Fsp3) is 0.320. The smallest absolute Gasteiger partial charge is 0.255 e. The quantitative estimate of drug-likeness (QED) is 0.0869. The standard InChI is InChI=1S/2C21H24N4O.C21H23N3O2.2C20H21N3O3S/c1-23(2)18-6-8-19(9-7-18)25-13-10-16-14-17(15-22-20(16)25)21(26)24-11-4-3-5-12-24;1-23(2)18-7-6-8-19(14-18)25-12-9-16-13-17(15-22-20(16)25)21(26)24-10-4-3-5-11-24;1-2-26-19-8-6-18(7-9-19)24-13-10-16-14-17(15-22-20(16)24)21(25)23-11-4-3-5-12-23;1-27(25,26)18-7-5-17(6-8-18)23-12-9-15-13-16(14-21-19(15)23)20(24)22-10-3-2-4-11-22;1-27(25,26)18-7-5-6-17(13-18)23-11-8-15-12-16(14-21-19(15)23)20(24)22-9-3-2-4-10-22/h6-10,13-15H,3-5,11-12H2,1-2H3;6-9,12-15H,3-5,10-11H2,1-2H3;6-10,13-15H,2-5,11-12H2,1H3;5-9,12-14H,2-4,10-11H2,1H3;5-8,11-14H,2-4,9-10H2,1H3. The molecular formula is C103H113N17O10S2. The number of hydrogen-bond donors (Lipinski definition) is 0. The third-order valence-electron chi connectivity index (χ3n) is 24.8. The fourth-order valence-corrected chi connectivity index (χ4v) is 18.9. The lowest BCUT2D eigenvalue weighted by atomic mass is 10.1. The topological polar surface area (TPSA) is 275 Å². The Morgan fingerprint density at radius 3 is 0.841 bits per heavy atom. The van der Waals surface area contributed by atoms with Crippen LogP contribution in [-0.4, -0.2) is 231 Å². The Balaban J connectivity index is 0.000000120. The average Bonchev–Trinajstić information content (AvgIpc) is 1.65. The second-order valence-electron chi connectivity index (χ2n) is 34.7. The van der Waals surface area contributed by atoms with Crippen LogP contribution in [0.25, 0.3) is 83.6 Å². The number of amides is 5. The SMILES string of the molecule is CCOc1ccc(-n2ccc3cc(C(=O)N4CCCCC4)cnc32)cc1.CN(C)c1ccc(-n2ccc3cc(C(=O)N4CCCCC4)cnc32)cc1.CN(C)c1cccc(-n2ccc3cc(C(=O)N4CCCCC4)cnc32)c1.CS(=O)(=O)c1ccc(-n2ccc3cc(C(=O)N4CCCCC4)cnc32)cc1.CS(=O)(=O)c1cccc(-n2ccc3cc(C(=O)N4CCCCC4)cnc32)c1. The monoisotopic (exact) mass is 1810 g/mol. The second kappa shape index (κ2) is 41.1. The van der Waals surface area contributed by atoms with Gasteiger partial charge in [-0.15, -0.1) is 0 Å². The normalized spacial score (nSPS) is 14.9. The molecule has 0 aliphatic carbocycles. The highest BCUT2D eigenvalue weighted by molar-refractivity contribution is 7.91. The van der Waals surface area contributed by atoms with Gasteiger partial charge < -0.3 is 61.9 Å². The second-order valence-corrected chi connectivity index (χ2v) is 38.7. The summed E-state index contributed by atoms with van der Waals surface area (Å²) in [4.78, 5) is 101. The molecule has 27 nitrogen and oxygen atoms in total. The molecule has 29 heteroatoms. The van der Waals surface area contributed by atoms with Crippen LogP contribution in [0.5, 0.6) is 5.75 Å². The predicted octanol–water partition coefficient (Wildman–Crippen LogP) is 17.6. The summed E-state index contributed by atoms with van der Waals surface area (Å²) in [5.41, 5.74) is 14.2. The van der Waals surface area contributed by atoms with Gasteiger partial charge in [0.25, 0.3) is 29.5 Å². The van der Waals surface area contributed by atoms with Crippen LogP contribution in [0.2, 0.25) is 0 Å². The van der Waals surface area contributed by atoms with E-state index in [2.05, 4.69) is 86.3 Å². The van der Waals surface area contributed by atoms with E-state index < -0.39 is 19.7 Å². The van der Waals surface area contributed by atoms with Gasteiger partial charge in [0.1, 0.15) is 34.0 Å². The first-order valence-electron chi connectivity index (χ1n) is 45.6. The van der Waals surface area contributed by atoms with E-state index in [1.807, 2.05) is 201 Å². The van der Waals surface area contributed by atoms with E-state index in [0.717, 1.165) is 225 Å². The van der Waals surface area contributed by atoms with Gasteiger partial charge in [-0.3, -0.25) is 24.0 Å². The highest BCUT2D eigenvalue weighted by atomic mass is 32.2. The molecule has 0 radical (unpaired) electrons. The number of ether oxygens (including phenoxy) is 1. The summed E-state index contributed by atoms with van der Waals surface area (Å²) in [6, 6.07) is 57.5. The maximum atomic E-state index is 12.7. The number of nitrogens with zero attached hydrogens (tertiary/aromatic N) is 17. The van der Waals surface area contributed by atoms with Gasteiger partial charge in [-0.1, -0.05) is 12.1 Å². The number of sulfone groups is 2. The predicted molar refractivity (Wildman–Crippen MR) is 520 cm³/mol. The van der Waals surface area contributed by atoms with E-state index in [1.54, 1.807) is 73.4 Å². The van der Waals surface area contributed by atoms with Crippen LogP contribution < -0.4 is 14.5 Å². The Kier molecular flexibility index (Phi) is 28.5. The molecule has 5 aliphatic rings. The lowest BCUT2D eigenvalue weighted by Crippen LogP contribution is -2.35. The molecule has 5 amide bonds. The van der Waals surface area contributed by atoms with Crippen molar-refractivity contribution in [3.8, 4) is 34.2 Å². The minimum atomic E-state index is -3.28. The Morgan fingerprint density at radius 1 is 0.295 bits per heavy atom. The van der Waals surface area contributed by atoms with Crippen LogP contribution in [0.4, 0.5) is 11.4 Å². The van der Waals surface area contributed by atoms with Crippen LogP contribution in [0.3, 0.4) is 0 Å². The summed E-state index contributed by atoms with van der Waals surface area (Å²) in [5, 5.41) is 4.68. The first-order valence-corrected chi connectivity index (χ1v) is 49.4. The van der Waals surface area contributed by atoms with Crippen molar-refractivity contribution in [2.75, 3.05) is 123 Å². The van der Waals surface area contributed by atoms with E-state index in [-0.39, 0.29) is 39.3 Å². The van der Waals surface area contributed by atoms with Crippen molar-refractivity contribution in [1.82, 2.24) is 72.3 Å². The number of carbonyl (C=O) groups excluding carboxylic acids is 5. The molecule has 132 heavy (non-hydrogen) atoms. The number of benzene rings is 5. The molecule has 20 rings (SSSR count). The number of likely N-dealkylation sites (tertiary alicyclic amines) is 5. The molecule has 0 saturated carbocycles. The van der Waals surface area contributed by atoms with Gasteiger partial charge in [-0.05, 0) is 273 Å². The van der Waals surface area contributed by atoms with E-state index >= 15 is 0 Å². The summed E-state index contributed by atoms with van der Waals surface area (Å²) in [6.45, 7) is 11.0. The summed E-state index contributed by atoms with van der Waals surface area (Å²) in [7, 11) is 1.62. The molecule has 5 saturated heterocycles. The number of anilines is 2. The van der Waals surface area contributed by atoms with E-state index in [9.17, 15) is 40.8 Å². The molecule has 5 aromatic carbocycles. The van der Waals surface area contributed by atoms with Gasteiger partial charge in [-0.25, -0.2) is 41.8 Å². The van der Waals surface area contributed by atoms with Crippen molar-refractivity contribution in [3.05, 3.63) is 272 Å². The van der Waals surface area contributed by atoms with Gasteiger partial charge in [0, 0.05) is 235 Å². The highest BCUT2D eigenvalue weighted by Gasteiger charge is 2.27. The third-order valence-corrected chi connectivity index (χ3v) is 27.1. The van der Waals surface area contributed by atoms with Crippen LogP contribution in [0.1, 0.15) is 155 Å². The van der Waals surface area contributed by atoms with Gasteiger partial charge in [0.05, 0.1) is 44.2 Å². The Hall–Kier alpha value is -13.8. The number of hydrogen-bond acceptors (Lipinski definition) is 17. The lowest BCUT2D eigenvalue weighted by Gasteiger charge is -2.26. The van der Waals surface area contributed by atoms with Gasteiger partial charge >= 0.3 is 0 Å². The van der Waals surface area contributed by atoms with Crippen molar-refractivity contribution in [2.45, 2.75) is 113 Å². The van der Waals surface area contributed by atoms with Crippen LogP contribution in [0, 0.1) is 0 Å². The third kappa shape index (κ3) is 21.3. The summed E-state index contributed by atoms with van der Waals surface area (Å²) in [6.07, 6.45) is 37.3. The van der Waals surface area contributed by atoms with Gasteiger partial charge in [-0.2, -0.15) is 0 Å². The number of aromatic nitrogens is 10. The first kappa shape index (κ1) is 91.5. The van der Waals surface area contributed by atoms with Crippen molar-refractivity contribution in [1.29, 1.82) is 0 Å². The maximum Gasteiger partial charge on any atom is 0.255 e. The summed E-state index contributed by atoms with van der Waals surface area (Å²) in [5.74, 6) is 1.21. The Bertz CT molecular complexity index is 6890. The molecule has 5 fully saturated rings. The molecule has 682 valence electrons. The zero-order chi connectivity index (χ0) is 92.2. The first-order chi connectivity index (χ1) is 63.9. The minimum Gasteiger partial charge on any atom is -0.494 e. The molecule has 15 heterocycles. The zero-order valence-electron chi connectivity index (χ0n) is 76.0. The molecule has 0 atom stereocenters. The summed E-state index contributed by atoms with van der Waals surface area (Å²) >= 11 is 0. The van der Waals surface area contributed by atoms with Crippen LogP contribution in [-0.2, 0) is 19.7 Å². The zero-order valence-corrected chi connectivity index (χ0v) is 77.6. The van der Waals surface area contributed by atoms with Crippen LogP contribution in [0.15, 0.2) is 254 Å². The number of rotatable bonds is 16. The van der Waals surface area contributed by atoms with Crippen LogP contribution >= 0.6 is 0 Å². The molecule has 5 aliphatic heterocycles. The van der Waals surface area contributed by atoms with Crippen molar-refractivity contribution >= 4 is 116 Å². The van der Waals surface area contributed by atoms with Crippen molar-refractivity contribution < 1.29 is 45.5 Å². The van der Waals surface area contributed by atoms with Gasteiger partial charge in [0.15, 0.2) is 19.7 Å². The Morgan fingerprint density at radius 2 is 0.561 bits per heavy atom. The molecule has 0 N–H and O–H groups in total. The van der Waals surface area contributed by atoms with Gasteiger partial charge in [0.2, 0.25) is 0 Å². The number of fused-ring (bicyclic) bond motifs is 5. The van der Waals surface area contributed by atoms with E-state index in [1.165, 1.54) is 44.6 Å². The number of carbonyl (C=O) groups is 5. The van der Waals surface area contributed by atoms with Crippen molar-refractivity contribution in [2.24, 2.45) is 0 Å². The molecule has 10 aromatic heterocycles. The minimum absolute atomic E-state index is 0.0240. The largest absolute Gasteiger partial charge is 0.494 e. The summed E-state index contributed by atoms with van der Waals surface area (Å²) < 4.78 is 62.3. The fourth-order valence-electron chi connectivity index (χ4n) is 17.6. The molecular weight excluding hydrogens is 1700 g/mol. The molecule has 0 unspecified atom stereocenters. The molecule has 15 aromatic rings. The average molecular weight is 1810 g/mol. The number of pyridine rings is 5. The van der Waals surface area contributed by atoms with Crippen molar-refractivity contribution in [3.63, 3.8) is 0 Å². The highest BCUT2D eigenvalue weighted by Crippen LogP contribution is 2.32. The Labute approximate surface area is 770 Å². The lowest BCUT2D eigenvalue weighted by molar-refractivity contribution is 0.0716. The maximum absolute atomic E-state index is 12.7. The number of piperidine rings is 5.